The zero-order chi connectivity index (χ0) is 54.9. The number of aromatic nitrogens is 2. The highest BCUT2D eigenvalue weighted by Gasteiger charge is 2.37. The van der Waals surface area contributed by atoms with Crippen LogP contribution in [0.3, 0.4) is 0 Å². The highest BCUT2D eigenvalue weighted by molar-refractivity contribution is 9.08. The van der Waals surface area contributed by atoms with E-state index < -0.39 is 35.8 Å². The Bertz CT molecular complexity index is 1880. The number of anilines is 1. The third-order valence-corrected chi connectivity index (χ3v) is 13.0. The van der Waals surface area contributed by atoms with Crippen LogP contribution in [0.4, 0.5) is 5.69 Å². The van der Waals surface area contributed by atoms with Gasteiger partial charge in [-0.25, -0.2) is 9.97 Å². The Morgan fingerprint density at radius 3 is 2.03 bits per heavy atom. The topological polar surface area (TPSA) is 234 Å². The van der Waals surface area contributed by atoms with E-state index in [1.54, 1.807) is 56.2 Å². The molecule has 20 heteroatoms. The van der Waals surface area contributed by atoms with E-state index in [1.807, 2.05) is 13.0 Å². The average molecular weight is 1080 g/mol. The van der Waals surface area contributed by atoms with Crippen molar-refractivity contribution >= 4 is 64.0 Å². The Morgan fingerprint density at radius 1 is 0.889 bits per heavy atom. The minimum atomic E-state index is -0.890. The van der Waals surface area contributed by atoms with Crippen molar-refractivity contribution in [1.29, 1.82) is 0 Å². The first-order chi connectivity index (χ1) is 34.2. The maximum absolute atomic E-state index is 12.8. The third kappa shape index (κ3) is 24.6. The number of hydrogen-bond donors (Lipinski definition) is 5. The number of methoxy groups -OCH3 is 2. The summed E-state index contributed by atoms with van der Waals surface area (Å²) in [5.41, 5.74) is 1.65. The number of nitrogens with zero attached hydrogens (tertiary/aromatic N) is 5. The highest BCUT2D eigenvalue weighted by atomic mass is 79.9. The molecule has 408 valence electrons. The number of alkyl halides is 1. The Morgan fingerprint density at radius 2 is 1.53 bits per heavy atom. The van der Waals surface area contributed by atoms with E-state index in [4.69, 9.17) is 9.47 Å². The first-order valence-electron chi connectivity index (χ1n) is 25.1. The van der Waals surface area contributed by atoms with Gasteiger partial charge in [0, 0.05) is 58.5 Å². The van der Waals surface area contributed by atoms with Gasteiger partial charge in [-0.1, -0.05) is 96.3 Å². The molecule has 1 fully saturated rings. The van der Waals surface area contributed by atoms with Crippen LogP contribution in [-0.2, 0) is 50.0 Å². The van der Waals surface area contributed by atoms with Crippen molar-refractivity contribution in [3.05, 3.63) is 53.6 Å². The molecular formula is C52H89BrN10O9. The molecule has 8 unspecified atom stereocenters. The number of benzene rings is 1. The van der Waals surface area contributed by atoms with Gasteiger partial charge >= 0.3 is 0 Å². The zero-order valence-electron chi connectivity index (χ0n) is 45.9. The molecule has 72 heavy (non-hydrogen) atoms. The number of likely N-dealkylation sites (N-methyl/N-ethyl adjacent to an activating group) is 1. The lowest BCUT2D eigenvalue weighted by Crippen LogP contribution is -2.51. The summed E-state index contributed by atoms with van der Waals surface area (Å²) >= 11 is 3.23. The minimum absolute atomic E-state index is 0.0186. The van der Waals surface area contributed by atoms with Crippen molar-refractivity contribution in [2.45, 2.75) is 149 Å². The fourth-order valence-electron chi connectivity index (χ4n) is 7.65. The molecule has 2 aromatic rings. The normalized spacial score (nSPS) is 15.7. The molecule has 1 aliphatic rings. The molecular weight excluding hydrogens is 989 g/mol. The fraction of sp³-hybridized carbons (Fsp3) is 0.673. The number of likely N-dealkylation sites (tertiary alicyclic amines) is 1. The van der Waals surface area contributed by atoms with Gasteiger partial charge in [0.05, 0.1) is 54.2 Å². The molecule has 1 saturated heterocycles. The molecule has 0 saturated carbocycles. The molecule has 0 radical (unpaired) electrons. The molecule has 8 atom stereocenters. The number of rotatable bonds is 26. The molecule has 1 aromatic carbocycles. The second-order valence-electron chi connectivity index (χ2n) is 18.5. The number of carbonyl (C=O) groups excluding carboxylic acids is 7. The summed E-state index contributed by atoms with van der Waals surface area (Å²) in [5.74, 6) is -0.516. The van der Waals surface area contributed by atoms with E-state index in [0.29, 0.717) is 54.7 Å². The number of hydrogen-bond acceptors (Lipinski definition) is 12. The summed E-state index contributed by atoms with van der Waals surface area (Å²) in [7, 11) is 9.23. The predicted octanol–water partition coefficient (Wildman–Crippen LogP) is 5.21. The average Bonchev–Trinajstić information content (AvgIpc) is 3.85. The lowest BCUT2D eigenvalue weighted by Gasteiger charge is -2.37. The summed E-state index contributed by atoms with van der Waals surface area (Å²) in [5, 5.41) is 13.6. The molecule has 5 N–H and O–H groups in total. The lowest BCUT2D eigenvalue weighted by atomic mass is 9.91. The van der Waals surface area contributed by atoms with Crippen LogP contribution in [0, 0.1) is 17.8 Å². The summed E-state index contributed by atoms with van der Waals surface area (Å²) in [6.45, 7) is 21.3. The van der Waals surface area contributed by atoms with Crippen molar-refractivity contribution in [2.75, 3.05) is 66.9 Å². The summed E-state index contributed by atoms with van der Waals surface area (Å²) < 4.78 is 11.1. The van der Waals surface area contributed by atoms with E-state index in [1.165, 1.54) is 25.7 Å². The minimum Gasteiger partial charge on any atom is -0.379 e. The summed E-state index contributed by atoms with van der Waals surface area (Å²) in [4.78, 5) is 97.2. The zero-order valence-corrected chi connectivity index (χ0v) is 47.5. The van der Waals surface area contributed by atoms with Crippen molar-refractivity contribution < 1.29 is 43.0 Å². The SMILES string of the molecule is CC(C)C(C)N(C)C.CCC.CCC(C)C(C(CC)OC)N(C)C(=O)CNC=O.COC(C(C)C(=O)NCCc1cccc(NC(=O)CNC(=O)C(C)NC(=O)c2cnc(CBr)nc2)c1)C1CCCN1C=O. The number of nitrogens with one attached hydrogen (secondary N) is 5. The molecule has 0 aliphatic carbocycles. The molecule has 1 aromatic heterocycles. The van der Waals surface area contributed by atoms with Gasteiger partial charge in [0.2, 0.25) is 36.4 Å². The van der Waals surface area contributed by atoms with Gasteiger partial charge in [0.25, 0.3) is 5.91 Å². The fourth-order valence-corrected chi connectivity index (χ4v) is 7.94. The standard InChI is InChI=1S/C29H38BrN7O6.C13H26N2O3.C7H17N.C3H8/c1-18(26(43-3)23-8-5-11-37(23)17-38)27(40)31-10-9-20-6-4-7-22(12-20)36-25(39)16-34-28(41)19(2)35-29(42)21-14-32-24(13-30)33-15-21;1-6-10(3)13(11(7-2)18-5)15(4)12(17)8-14-9-16;1-6(2)7(3)8(4)5;1-3-2/h4,6-7,12,14-15,17-19,23,26H,5,8-11,13,16H2,1-3H3,(H,31,40)(H,34,41)(H,35,42)(H,36,39);9-11,13H,6-8H2,1-5H3,(H,14,16);6-7H,1-5H3;3H2,1-2H3. The molecule has 1 aliphatic heterocycles. The maximum Gasteiger partial charge on any atom is 0.255 e. The number of carbonyl (C=O) groups is 7. The lowest BCUT2D eigenvalue weighted by molar-refractivity contribution is -0.136. The smallest absolute Gasteiger partial charge is 0.255 e. The van der Waals surface area contributed by atoms with Gasteiger partial charge in [0.1, 0.15) is 11.9 Å². The van der Waals surface area contributed by atoms with Crippen molar-refractivity contribution in [1.82, 2.24) is 45.9 Å². The van der Waals surface area contributed by atoms with Crippen molar-refractivity contribution in [3.8, 4) is 0 Å². The third-order valence-electron chi connectivity index (χ3n) is 12.5. The first kappa shape index (κ1) is 67.0. The van der Waals surface area contributed by atoms with Crippen LogP contribution < -0.4 is 26.6 Å². The van der Waals surface area contributed by atoms with E-state index in [9.17, 15) is 33.6 Å². The van der Waals surface area contributed by atoms with Gasteiger partial charge in [-0.2, -0.15) is 0 Å². The Hall–Kier alpha value is -5.05. The van der Waals surface area contributed by atoms with Crippen LogP contribution in [0.15, 0.2) is 36.7 Å². The van der Waals surface area contributed by atoms with Gasteiger partial charge in [0.15, 0.2) is 0 Å². The van der Waals surface area contributed by atoms with Crippen molar-refractivity contribution in [2.24, 2.45) is 17.8 Å². The molecule has 19 nitrogen and oxygen atoms in total. The predicted molar refractivity (Wildman–Crippen MR) is 287 cm³/mol. The van der Waals surface area contributed by atoms with E-state index in [-0.39, 0.29) is 48.7 Å². The quantitative estimate of drug-likeness (QED) is 0.0604. The number of halogens is 1. The van der Waals surface area contributed by atoms with E-state index in [2.05, 4.69) is 120 Å². The first-order valence-corrected chi connectivity index (χ1v) is 26.3. The Balaban J connectivity index is 0.00000142. The van der Waals surface area contributed by atoms with Gasteiger partial charge in [-0.3, -0.25) is 33.6 Å². The largest absolute Gasteiger partial charge is 0.379 e. The highest BCUT2D eigenvalue weighted by Crippen LogP contribution is 2.25. The molecule has 2 heterocycles. The number of ether oxygens (including phenoxy) is 2. The summed E-state index contributed by atoms with van der Waals surface area (Å²) in [6.07, 6.45) is 9.02. The second kappa shape index (κ2) is 37.7. The van der Waals surface area contributed by atoms with E-state index >= 15 is 0 Å². The maximum atomic E-state index is 12.8. The van der Waals surface area contributed by atoms with Crippen LogP contribution in [0.5, 0.6) is 0 Å². The Labute approximate surface area is 439 Å². The monoisotopic (exact) mass is 1080 g/mol. The molecule has 0 bridgehead atoms. The summed E-state index contributed by atoms with van der Waals surface area (Å²) in [6, 6.07) is 6.91. The van der Waals surface area contributed by atoms with E-state index in [0.717, 1.165) is 43.6 Å². The van der Waals surface area contributed by atoms with Crippen molar-refractivity contribution in [3.63, 3.8) is 0 Å². The van der Waals surface area contributed by atoms with Gasteiger partial charge in [-0.15, -0.1) is 0 Å². The van der Waals surface area contributed by atoms with Crippen LogP contribution in [-0.4, -0.2) is 165 Å². The van der Waals surface area contributed by atoms with Crippen LogP contribution in [0.2, 0.25) is 0 Å². The van der Waals surface area contributed by atoms with Gasteiger partial charge < -0.3 is 50.8 Å². The van der Waals surface area contributed by atoms with Crippen LogP contribution in [0.1, 0.15) is 123 Å². The van der Waals surface area contributed by atoms with Crippen LogP contribution in [0.25, 0.3) is 0 Å². The molecule has 0 spiro atoms. The van der Waals surface area contributed by atoms with Crippen LogP contribution >= 0.6 is 15.9 Å². The number of amides is 7. The molecule has 3 rings (SSSR count). The Kier molecular flexibility index (Phi) is 35.0. The molecule has 7 amide bonds. The second-order valence-corrected chi connectivity index (χ2v) is 19.0. The van der Waals surface area contributed by atoms with Gasteiger partial charge in [-0.05, 0) is 83.2 Å².